The standard InChI is InChI=1S/C28H29Cl2N5O2.C27H27Cl2N5O2.C26H25Cl2N5O2.C25H25Cl2N5O2/c1-34(2)24-17-21(30)16-23(28(37)32-22-12-10-20(29)11-13-22)25(24)33-27(36)19-8-6-18(7-9-19)26(31)35-14-4-3-5-15-35;1-33(2)23-16-20(29)15-22(27(36)31-21-11-9-19(28)10-12-21)24(23)32-26(35)18-7-5-17(6-8-18)25(30)34-13-3-4-14-34;1-32(2)22-15-19(28)14-21(26(35)30-20-10-8-18(27)9-11-20)23(22)31-25(34)17-6-4-16(5-7-17)24-29-12-13-33(24)3;1-31(2)21-14-18(27)13-20(25(34)29-19-11-9-17(26)10-12-19)22(21)30-24(33)16-7-5-15(6-8-16)23(28)32(3)4/h6-13,16-17,31H,3-5,14-15H2,1-2H3,(H,32,37)(H,33,36);5-12,15-16,30H,3-4,13-14H2,1-2H3,(H,31,36)(H,32,35);4-11,14-15H,12-13H2,1-3H3,(H,30,35)(H,31,34);5-14,28H,1-4H3,(H,29,34)(H,30,33). The number of anilines is 12. The fourth-order valence-electron chi connectivity index (χ4n) is 15.3. The lowest BCUT2D eigenvalue weighted by Gasteiger charge is -2.29. The Balaban J connectivity index is 0.000000169. The van der Waals surface area contributed by atoms with Gasteiger partial charge in [0, 0.05) is 218 Å². The third-order valence-electron chi connectivity index (χ3n) is 22.9. The van der Waals surface area contributed by atoms with E-state index in [1.54, 1.807) is 273 Å². The van der Waals surface area contributed by atoms with Crippen molar-refractivity contribution in [1.29, 1.82) is 16.2 Å². The van der Waals surface area contributed by atoms with E-state index in [-0.39, 0.29) is 40.0 Å². The van der Waals surface area contributed by atoms with Gasteiger partial charge >= 0.3 is 0 Å². The van der Waals surface area contributed by atoms with Crippen molar-refractivity contribution in [3.8, 4) is 0 Å². The number of halogens is 8. The van der Waals surface area contributed by atoms with Crippen LogP contribution in [0.15, 0.2) is 248 Å². The average Bonchev–Trinajstić information content (AvgIpc) is 0.880. The molecule has 0 radical (unpaired) electrons. The Kier molecular flexibility index (Phi) is 37.0. The van der Waals surface area contributed by atoms with E-state index in [0.29, 0.717) is 154 Å². The van der Waals surface area contributed by atoms with E-state index in [1.165, 1.54) is 30.7 Å². The molecule has 0 spiro atoms. The molecule has 11 N–H and O–H groups in total. The van der Waals surface area contributed by atoms with Gasteiger partial charge < -0.3 is 81.7 Å². The third-order valence-corrected chi connectivity index (χ3v) is 24.7. The van der Waals surface area contributed by atoms with Crippen LogP contribution in [-0.4, -0.2) is 207 Å². The van der Waals surface area contributed by atoms with Crippen molar-refractivity contribution in [2.75, 3.05) is 179 Å². The predicted octanol–water partition coefficient (Wildman–Crippen LogP) is 23.1. The van der Waals surface area contributed by atoms with E-state index in [9.17, 15) is 38.4 Å². The molecule has 0 bridgehead atoms. The number of amides is 8. The van der Waals surface area contributed by atoms with Crippen molar-refractivity contribution in [2.45, 2.75) is 32.1 Å². The smallest absolute Gasteiger partial charge is 0.257 e. The molecule has 734 valence electrons. The average molecular weight is 2070 g/mol. The molecule has 0 aliphatic carbocycles. The molecule has 12 aromatic rings. The first-order valence-corrected chi connectivity index (χ1v) is 47.9. The molecule has 28 nitrogen and oxygen atoms in total. The highest BCUT2D eigenvalue weighted by molar-refractivity contribution is 6.35. The van der Waals surface area contributed by atoms with Crippen LogP contribution in [0, 0.1) is 16.2 Å². The summed E-state index contributed by atoms with van der Waals surface area (Å²) >= 11 is 49.1. The lowest BCUT2D eigenvalue weighted by atomic mass is 10.1. The molecule has 0 unspecified atom stereocenters. The lowest BCUT2D eigenvalue weighted by molar-refractivity contribution is 0.101. The van der Waals surface area contributed by atoms with Crippen LogP contribution < -0.4 is 62.1 Å². The van der Waals surface area contributed by atoms with Crippen molar-refractivity contribution in [1.82, 2.24) is 19.6 Å². The van der Waals surface area contributed by atoms with Crippen molar-refractivity contribution in [3.63, 3.8) is 0 Å². The van der Waals surface area contributed by atoms with E-state index in [0.717, 1.165) is 87.5 Å². The quantitative estimate of drug-likeness (QED) is 0.0198. The second kappa shape index (κ2) is 49.3. The minimum atomic E-state index is -0.432. The zero-order valence-electron chi connectivity index (χ0n) is 79.7. The van der Waals surface area contributed by atoms with Crippen molar-refractivity contribution in [3.05, 3.63) is 350 Å². The van der Waals surface area contributed by atoms with Gasteiger partial charge in [-0.25, -0.2) is 0 Å². The van der Waals surface area contributed by atoms with Crippen molar-refractivity contribution < 1.29 is 38.4 Å². The number of hydrogen-bond donors (Lipinski definition) is 11. The minimum absolute atomic E-state index is 0.213. The van der Waals surface area contributed by atoms with E-state index in [1.807, 2.05) is 52.3 Å². The van der Waals surface area contributed by atoms with Gasteiger partial charge in [0.1, 0.15) is 23.3 Å². The number of rotatable bonds is 24. The summed E-state index contributed by atoms with van der Waals surface area (Å²) in [6, 6.07) is 67.6. The highest BCUT2D eigenvalue weighted by atomic mass is 35.5. The molecule has 15 rings (SSSR count). The Bertz CT molecular complexity index is 6710. The van der Waals surface area contributed by atoms with Gasteiger partial charge in [0.2, 0.25) is 0 Å². The van der Waals surface area contributed by atoms with Crippen molar-refractivity contribution in [2.24, 2.45) is 4.99 Å². The van der Waals surface area contributed by atoms with Crippen LogP contribution in [-0.2, 0) is 0 Å². The normalized spacial score (nSPS) is 12.3. The molecular weight excluding hydrogens is 1960 g/mol. The van der Waals surface area contributed by atoms with Gasteiger partial charge in [-0.15, -0.1) is 0 Å². The van der Waals surface area contributed by atoms with Crippen LogP contribution in [0.4, 0.5) is 68.2 Å². The van der Waals surface area contributed by atoms with Gasteiger partial charge in [0.05, 0.1) is 74.3 Å². The van der Waals surface area contributed by atoms with E-state index < -0.39 is 29.5 Å². The van der Waals surface area contributed by atoms with Gasteiger partial charge in [0.25, 0.3) is 47.3 Å². The number of amidine groups is 4. The van der Waals surface area contributed by atoms with Gasteiger partial charge in [-0.1, -0.05) is 141 Å². The van der Waals surface area contributed by atoms with Gasteiger partial charge in [-0.3, -0.25) is 59.6 Å². The number of hydrogen-bond acceptors (Lipinski definition) is 17. The number of nitrogens with zero attached hydrogens (tertiary/aromatic N) is 9. The first kappa shape index (κ1) is 107. The van der Waals surface area contributed by atoms with Gasteiger partial charge in [-0.05, 0) is 226 Å². The van der Waals surface area contributed by atoms with E-state index in [2.05, 4.69) is 57.3 Å². The molecule has 2 fully saturated rings. The van der Waals surface area contributed by atoms with Crippen LogP contribution in [0.3, 0.4) is 0 Å². The highest BCUT2D eigenvalue weighted by Crippen LogP contribution is 2.40. The fourth-order valence-corrected chi connectivity index (χ4v) is 16.7. The Labute approximate surface area is 865 Å². The summed E-state index contributed by atoms with van der Waals surface area (Å²) < 4.78 is 0. The van der Waals surface area contributed by atoms with E-state index in [4.69, 9.17) is 109 Å². The summed E-state index contributed by atoms with van der Waals surface area (Å²) in [6.07, 6.45) is 5.55. The molecule has 142 heavy (non-hydrogen) atoms. The molecule has 3 heterocycles. The van der Waals surface area contributed by atoms with Crippen LogP contribution in [0.2, 0.25) is 40.2 Å². The van der Waals surface area contributed by atoms with Crippen LogP contribution >= 0.6 is 92.8 Å². The number of aliphatic imine (C=N–C) groups is 1. The highest BCUT2D eigenvalue weighted by Gasteiger charge is 2.29. The molecule has 0 atom stereocenters. The zero-order chi connectivity index (χ0) is 102. The van der Waals surface area contributed by atoms with Crippen LogP contribution in [0.25, 0.3) is 0 Å². The molecule has 0 saturated carbocycles. The Morgan fingerprint density at radius 1 is 0.275 bits per heavy atom. The summed E-state index contributed by atoms with van der Waals surface area (Å²) in [6.45, 7) is 5.16. The summed E-state index contributed by atoms with van der Waals surface area (Å²) in [4.78, 5) is 125. The Morgan fingerprint density at radius 2 is 0.507 bits per heavy atom. The van der Waals surface area contributed by atoms with Gasteiger partial charge in [-0.2, -0.15) is 0 Å². The fraction of sp³-hybridized carbons (Fsp3) is 0.208. The first-order valence-electron chi connectivity index (χ1n) is 44.9. The first-order chi connectivity index (χ1) is 67.7. The monoisotopic (exact) mass is 2070 g/mol. The van der Waals surface area contributed by atoms with Crippen molar-refractivity contribution >= 4 is 232 Å². The third kappa shape index (κ3) is 28.4. The zero-order valence-corrected chi connectivity index (χ0v) is 85.7. The summed E-state index contributed by atoms with van der Waals surface area (Å²) in [7, 11) is 20.0. The number of likely N-dealkylation sites (N-methyl/N-ethyl adjacent to an activating group) is 1. The summed E-state index contributed by atoms with van der Waals surface area (Å²) in [5.41, 5.74) is 11.7. The molecule has 3 aliphatic heterocycles. The van der Waals surface area contributed by atoms with E-state index >= 15 is 0 Å². The summed E-state index contributed by atoms with van der Waals surface area (Å²) in [5.74, 6) is -0.995. The number of nitrogens with one attached hydrogen (secondary N) is 11. The summed E-state index contributed by atoms with van der Waals surface area (Å²) in [5, 5.41) is 51.6. The maximum atomic E-state index is 13.3. The van der Waals surface area contributed by atoms with Crippen LogP contribution in [0.5, 0.6) is 0 Å². The number of carbonyl (C=O) groups is 8. The molecule has 36 heteroatoms. The minimum Gasteiger partial charge on any atom is -0.376 e. The Hall–Kier alpha value is -14.2. The maximum Gasteiger partial charge on any atom is 0.257 e. The molecular formula is C106H106Cl8N20O8. The maximum absolute atomic E-state index is 13.3. The number of likely N-dealkylation sites (tertiary alicyclic amines) is 2. The Morgan fingerprint density at radius 3 is 0.739 bits per heavy atom. The lowest BCUT2D eigenvalue weighted by Crippen LogP contribution is -2.35. The molecule has 2 saturated heterocycles. The number of benzene rings is 12. The molecule has 3 aliphatic rings. The molecule has 12 aromatic carbocycles. The van der Waals surface area contributed by atoms with Crippen LogP contribution in [0.1, 0.15) is 137 Å². The molecule has 0 aromatic heterocycles. The predicted molar refractivity (Wildman–Crippen MR) is 583 cm³/mol. The SMILES string of the molecule is CN(C)C(=N)c1ccc(C(=O)Nc2c(C(=O)Nc3ccc(Cl)cc3)cc(Cl)cc2N(C)C)cc1.CN(C)c1cc(Cl)cc(C(=O)Nc2ccc(Cl)cc2)c1NC(=O)c1ccc(C(=N)N2CCCC2)cc1.CN(C)c1cc(Cl)cc(C(=O)Nc2ccc(Cl)cc2)c1NC(=O)c1ccc(C(=N)N2CCCCC2)cc1.CN1CCN=C1c1ccc(C(=O)Nc2c(C(=O)Nc3ccc(Cl)cc3)cc(Cl)cc2N(C)C)cc1. The second-order valence-corrected chi connectivity index (χ2v) is 37.7. The molecule has 8 amide bonds. The van der Waals surface area contributed by atoms with Gasteiger partial charge in [0.15, 0.2) is 0 Å². The number of carbonyl (C=O) groups excluding carboxylic acids is 8. The largest absolute Gasteiger partial charge is 0.376 e. The number of piperidine rings is 1. The topological polar surface area (TPSA) is 343 Å². The second-order valence-electron chi connectivity index (χ2n) is 34.2.